The van der Waals surface area contributed by atoms with E-state index < -0.39 is 0 Å². The molecule has 0 unspecified atom stereocenters. The van der Waals surface area contributed by atoms with Crippen LogP contribution in [0.25, 0.3) is 11.1 Å². The van der Waals surface area contributed by atoms with Crippen molar-refractivity contribution < 1.29 is 14.0 Å². The summed E-state index contributed by atoms with van der Waals surface area (Å²) in [6.45, 7) is 1.92. The van der Waals surface area contributed by atoms with Gasteiger partial charge in [-0.25, -0.2) is 4.98 Å². The molecule has 0 atom stereocenters. The highest BCUT2D eigenvalue weighted by molar-refractivity contribution is 7.99. The number of para-hydroxylation sites is 2. The molecular formula is C16H14N2O3S2. The molecule has 0 saturated carbocycles. The normalized spacial score (nSPS) is 10.8. The van der Waals surface area contributed by atoms with Crippen molar-refractivity contribution >= 4 is 45.9 Å². The van der Waals surface area contributed by atoms with Gasteiger partial charge in [-0.15, -0.1) is 11.3 Å². The van der Waals surface area contributed by atoms with Crippen LogP contribution in [0.15, 0.2) is 46.0 Å². The summed E-state index contributed by atoms with van der Waals surface area (Å²) in [7, 11) is 0. The maximum Gasteiger partial charge on any atom is 0.257 e. The molecule has 3 rings (SSSR count). The van der Waals surface area contributed by atoms with Crippen LogP contribution in [-0.2, 0) is 11.3 Å². The fraction of sp³-hybridized carbons (Fsp3) is 0.188. The SMILES string of the molecule is CC(=O)NCc1ccc(C(=O)CSc2nc3ccccc3o2)s1. The lowest BCUT2D eigenvalue weighted by Crippen LogP contribution is -2.18. The highest BCUT2D eigenvalue weighted by atomic mass is 32.2. The summed E-state index contributed by atoms with van der Waals surface area (Å²) in [6.07, 6.45) is 0. The number of rotatable bonds is 6. The van der Waals surface area contributed by atoms with Crippen LogP contribution in [0.3, 0.4) is 0 Å². The van der Waals surface area contributed by atoms with Gasteiger partial charge in [0.2, 0.25) is 5.91 Å². The molecule has 0 spiro atoms. The van der Waals surface area contributed by atoms with Crippen LogP contribution >= 0.6 is 23.1 Å². The second kappa shape index (κ2) is 6.97. The van der Waals surface area contributed by atoms with Crippen LogP contribution in [0.5, 0.6) is 0 Å². The number of carbonyl (C=O) groups is 2. The Morgan fingerprint density at radius 1 is 1.26 bits per heavy atom. The van der Waals surface area contributed by atoms with Gasteiger partial charge in [-0.2, -0.15) is 0 Å². The van der Waals surface area contributed by atoms with Crippen LogP contribution in [0.2, 0.25) is 0 Å². The van der Waals surface area contributed by atoms with E-state index in [-0.39, 0.29) is 17.4 Å². The second-order valence-corrected chi connectivity index (χ2v) is 6.93. The number of oxazole rings is 1. The molecule has 23 heavy (non-hydrogen) atoms. The first-order valence-corrected chi connectivity index (χ1v) is 8.77. The summed E-state index contributed by atoms with van der Waals surface area (Å²) in [5, 5.41) is 3.21. The van der Waals surface area contributed by atoms with E-state index >= 15 is 0 Å². The number of Topliss-reactive ketones (excluding diaryl/α,β-unsaturated/α-hetero) is 1. The zero-order valence-corrected chi connectivity index (χ0v) is 14.0. The van der Waals surface area contributed by atoms with E-state index in [1.165, 1.54) is 30.0 Å². The Kier molecular flexibility index (Phi) is 4.78. The Morgan fingerprint density at radius 2 is 2.09 bits per heavy atom. The molecule has 0 radical (unpaired) electrons. The molecule has 118 valence electrons. The molecule has 0 saturated heterocycles. The van der Waals surface area contributed by atoms with Crippen LogP contribution in [0, 0.1) is 0 Å². The van der Waals surface area contributed by atoms with E-state index in [0.717, 1.165) is 16.0 Å². The van der Waals surface area contributed by atoms with Gasteiger partial charge in [0.1, 0.15) is 5.52 Å². The van der Waals surface area contributed by atoms with E-state index in [2.05, 4.69) is 10.3 Å². The molecule has 1 amide bonds. The van der Waals surface area contributed by atoms with Crippen molar-refractivity contribution in [1.82, 2.24) is 10.3 Å². The lowest BCUT2D eigenvalue weighted by molar-refractivity contribution is -0.119. The number of amides is 1. The minimum atomic E-state index is -0.0854. The van der Waals surface area contributed by atoms with Crippen LogP contribution in [-0.4, -0.2) is 22.4 Å². The average Bonchev–Trinajstić information content (AvgIpc) is 3.16. The molecular weight excluding hydrogens is 332 g/mol. The average molecular weight is 346 g/mol. The van der Waals surface area contributed by atoms with E-state index in [1.807, 2.05) is 30.3 Å². The van der Waals surface area contributed by atoms with E-state index in [4.69, 9.17) is 4.42 Å². The fourth-order valence-electron chi connectivity index (χ4n) is 1.95. The summed E-state index contributed by atoms with van der Waals surface area (Å²) < 4.78 is 5.58. The third-order valence-electron chi connectivity index (χ3n) is 3.05. The lowest BCUT2D eigenvalue weighted by atomic mass is 10.3. The van der Waals surface area contributed by atoms with Crippen molar-refractivity contribution in [3.05, 3.63) is 46.2 Å². The molecule has 1 aromatic carbocycles. The van der Waals surface area contributed by atoms with Crippen molar-refractivity contribution in [2.45, 2.75) is 18.7 Å². The first-order chi connectivity index (χ1) is 11.1. The Bertz CT molecular complexity index is 821. The standard InChI is InChI=1S/C16H14N2O3S2/c1-10(19)17-8-11-6-7-15(23-11)13(20)9-22-16-18-12-4-2-3-5-14(12)21-16/h2-7H,8-9H2,1H3,(H,17,19). The van der Waals surface area contributed by atoms with Crippen molar-refractivity contribution in [3.63, 3.8) is 0 Å². The maximum absolute atomic E-state index is 12.2. The molecule has 5 nitrogen and oxygen atoms in total. The van der Waals surface area contributed by atoms with Crippen LogP contribution < -0.4 is 5.32 Å². The molecule has 0 fully saturated rings. The van der Waals surface area contributed by atoms with Crippen molar-refractivity contribution in [2.75, 3.05) is 5.75 Å². The summed E-state index contributed by atoms with van der Waals surface area (Å²) in [6, 6.07) is 11.1. The van der Waals surface area contributed by atoms with Gasteiger partial charge >= 0.3 is 0 Å². The Balaban J connectivity index is 1.59. The van der Waals surface area contributed by atoms with Crippen LogP contribution in [0.1, 0.15) is 21.5 Å². The van der Waals surface area contributed by atoms with Gasteiger partial charge < -0.3 is 9.73 Å². The molecule has 0 aliphatic rings. The number of hydrogen-bond donors (Lipinski definition) is 1. The number of nitrogens with one attached hydrogen (secondary N) is 1. The zero-order chi connectivity index (χ0) is 16.2. The predicted octanol–water partition coefficient (Wildman–Crippen LogP) is 3.50. The molecule has 3 aromatic rings. The monoisotopic (exact) mass is 346 g/mol. The van der Waals surface area contributed by atoms with E-state index in [0.29, 0.717) is 16.6 Å². The number of thioether (sulfide) groups is 1. The number of ketones is 1. The van der Waals surface area contributed by atoms with E-state index in [1.54, 1.807) is 6.07 Å². The van der Waals surface area contributed by atoms with Crippen molar-refractivity contribution in [2.24, 2.45) is 0 Å². The Labute approximate surface area is 141 Å². The van der Waals surface area contributed by atoms with Gasteiger partial charge in [-0.1, -0.05) is 23.9 Å². The number of carbonyl (C=O) groups excluding carboxylic acids is 2. The van der Waals surface area contributed by atoms with Gasteiger partial charge in [-0.05, 0) is 24.3 Å². The fourth-order valence-corrected chi connectivity index (χ4v) is 3.64. The highest BCUT2D eigenvalue weighted by Gasteiger charge is 2.13. The predicted molar refractivity (Wildman–Crippen MR) is 90.9 cm³/mol. The van der Waals surface area contributed by atoms with Gasteiger partial charge in [-0.3, -0.25) is 9.59 Å². The second-order valence-electron chi connectivity index (χ2n) is 4.84. The number of thiophene rings is 1. The summed E-state index contributed by atoms with van der Waals surface area (Å²) in [4.78, 5) is 29.1. The molecule has 0 bridgehead atoms. The first kappa shape index (κ1) is 15.8. The van der Waals surface area contributed by atoms with Crippen LogP contribution in [0.4, 0.5) is 0 Å². The molecule has 2 aromatic heterocycles. The third kappa shape index (κ3) is 4.00. The minimum absolute atomic E-state index is 0.0244. The summed E-state index contributed by atoms with van der Waals surface area (Å²) >= 11 is 2.68. The van der Waals surface area contributed by atoms with Crippen molar-refractivity contribution in [3.8, 4) is 0 Å². The Hall–Kier alpha value is -2.12. The van der Waals surface area contributed by atoms with Gasteiger partial charge in [0.15, 0.2) is 11.4 Å². The van der Waals surface area contributed by atoms with Crippen molar-refractivity contribution in [1.29, 1.82) is 0 Å². The molecule has 0 aliphatic heterocycles. The maximum atomic E-state index is 12.2. The molecule has 0 aliphatic carbocycles. The first-order valence-electron chi connectivity index (χ1n) is 6.96. The number of hydrogen-bond acceptors (Lipinski definition) is 6. The number of aromatic nitrogens is 1. The third-order valence-corrected chi connectivity index (χ3v) is 5.00. The smallest absolute Gasteiger partial charge is 0.257 e. The quantitative estimate of drug-likeness (QED) is 0.546. The lowest BCUT2D eigenvalue weighted by Gasteiger charge is -1.97. The summed E-state index contributed by atoms with van der Waals surface area (Å²) in [5.74, 6) is 0.210. The topological polar surface area (TPSA) is 72.2 Å². The highest BCUT2D eigenvalue weighted by Crippen LogP contribution is 2.25. The Morgan fingerprint density at radius 3 is 2.87 bits per heavy atom. The molecule has 7 heteroatoms. The number of benzene rings is 1. The number of nitrogens with zero attached hydrogens (tertiary/aromatic N) is 1. The number of fused-ring (bicyclic) bond motifs is 1. The zero-order valence-electron chi connectivity index (χ0n) is 12.4. The van der Waals surface area contributed by atoms with Gasteiger partial charge in [0.05, 0.1) is 17.2 Å². The largest absolute Gasteiger partial charge is 0.431 e. The molecule has 1 N–H and O–H groups in total. The minimum Gasteiger partial charge on any atom is -0.431 e. The summed E-state index contributed by atoms with van der Waals surface area (Å²) in [5.41, 5.74) is 1.51. The molecule has 2 heterocycles. The van der Waals surface area contributed by atoms with E-state index in [9.17, 15) is 9.59 Å². The van der Waals surface area contributed by atoms with Gasteiger partial charge in [0, 0.05) is 11.8 Å². The van der Waals surface area contributed by atoms with Gasteiger partial charge in [0.25, 0.3) is 5.22 Å².